The number of rotatable bonds is 6. The third kappa shape index (κ3) is 3.79. The number of nitrogens with one attached hydrogen (secondary N) is 1. The Morgan fingerprint density at radius 2 is 2.05 bits per heavy atom. The lowest BCUT2D eigenvalue weighted by molar-refractivity contribution is 0.118. The molecule has 4 fully saturated rings. The Bertz CT molecular complexity index is 1380. The highest BCUT2D eigenvalue weighted by molar-refractivity contribution is 6.00. The van der Waals surface area contributed by atoms with Crippen LogP contribution in [-0.4, -0.2) is 53.3 Å². The van der Waals surface area contributed by atoms with Crippen LogP contribution in [0.3, 0.4) is 0 Å². The molecule has 3 aromatic rings. The molecule has 0 amide bonds. The standard InChI is InChI=1S/C30H36FN5O2/c1-16(22-9-4-12-36(22)2)38-30-24(32)28(34-25-18-10-11-19(25)14-18)21-15-33-26(23(31)27(21)35-30)20-8-3-6-17-7-5-13-37-29(17)20/h3,6,8,15-16,18-19,22,25H,4-5,7,9-14,32H2,1-2H3,(H,34,35)/t16-,18-,19+,22-,25-/m0/s1. The number of aryl methyl sites for hydroxylation is 1. The summed E-state index contributed by atoms with van der Waals surface area (Å²) in [6, 6.07) is 6.48. The highest BCUT2D eigenvalue weighted by Crippen LogP contribution is 2.51. The number of nitrogens with two attached hydrogens (primary N) is 1. The predicted octanol–water partition coefficient (Wildman–Crippen LogP) is 5.42. The number of nitrogens with zero attached hydrogens (tertiary/aromatic N) is 3. The number of fused-ring (bicyclic) bond motifs is 3. The van der Waals surface area contributed by atoms with Crippen molar-refractivity contribution in [2.75, 3.05) is 31.2 Å². The van der Waals surface area contributed by atoms with E-state index in [-0.39, 0.29) is 23.4 Å². The number of likely N-dealkylation sites (N-methyl/N-ethyl adjacent to an activating group) is 1. The smallest absolute Gasteiger partial charge is 0.240 e. The molecule has 2 bridgehead atoms. The van der Waals surface area contributed by atoms with E-state index in [2.05, 4.69) is 29.2 Å². The second kappa shape index (κ2) is 9.26. The van der Waals surface area contributed by atoms with Crippen molar-refractivity contribution in [3.63, 3.8) is 0 Å². The summed E-state index contributed by atoms with van der Waals surface area (Å²) < 4.78 is 28.8. The molecule has 3 aliphatic carbocycles. The highest BCUT2D eigenvalue weighted by atomic mass is 19.1. The monoisotopic (exact) mass is 517 g/mol. The van der Waals surface area contributed by atoms with E-state index in [1.807, 2.05) is 18.2 Å². The number of benzene rings is 1. The predicted molar refractivity (Wildman–Crippen MR) is 147 cm³/mol. The van der Waals surface area contributed by atoms with Gasteiger partial charge >= 0.3 is 0 Å². The van der Waals surface area contributed by atoms with Gasteiger partial charge in [-0.05, 0) is 88.9 Å². The Hall–Kier alpha value is -3.13. The summed E-state index contributed by atoms with van der Waals surface area (Å²) in [5.74, 6) is 1.83. The van der Waals surface area contributed by atoms with E-state index in [1.54, 1.807) is 6.20 Å². The maximum atomic E-state index is 16.4. The fraction of sp³-hybridized carbons (Fsp3) is 0.533. The summed E-state index contributed by atoms with van der Waals surface area (Å²) in [5, 5.41) is 4.29. The van der Waals surface area contributed by atoms with E-state index >= 15 is 4.39 Å². The Labute approximate surface area is 222 Å². The van der Waals surface area contributed by atoms with Crippen LogP contribution in [0.5, 0.6) is 11.6 Å². The van der Waals surface area contributed by atoms with Gasteiger partial charge in [-0.25, -0.2) is 9.37 Å². The van der Waals surface area contributed by atoms with Gasteiger partial charge in [0.1, 0.15) is 28.8 Å². The second-order valence-corrected chi connectivity index (χ2v) is 11.7. The number of nitrogen functional groups attached to an aromatic ring is 1. The molecular weight excluding hydrogens is 481 g/mol. The molecule has 1 aromatic carbocycles. The topological polar surface area (TPSA) is 85.5 Å². The van der Waals surface area contributed by atoms with Crippen LogP contribution in [0.1, 0.15) is 51.0 Å². The lowest BCUT2D eigenvalue weighted by atomic mass is 9.78. The Morgan fingerprint density at radius 3 is 2.82 bits per heavy atom. The quantitative estimate of drug-likeness (QED) is 0.452. The van der Waals surface area contributed by atoms with Crippen LogP contribution in [0.25, 0.3) is 22.2 Å². The normalized spacial score (nSPS) is 27.0. The van der Waals surface area contributed by atoms with Crippen molar-refractivity contribution >= 4 is 22.3 Å². The van der Waals surface area contributed by atoms with Gasteiger partial charge in [0.25, 0.3) is 0 Å². The van der Waals surface area contributed by atoms with Crippen LogP contribution in [0.15, 0.2) is 24.4 Å². The van der Waals surface area contributed by atoms with Crippen molar-refractivity contribution in [3.8, 4) is 22.9 Å². The molecule has 2 aliphatic heterocycles. The first-order valence-electron chi connectivity index (χ1n) is 14.2. The number of para-hydroxylation sites is 1. The van der Waals surface area contributed by atoms with Gasteiger partial charge in [0.05, 0.1) is 12.3 Å². The van der Waals surface area contributed by atoms with Crippen LogP contribution in [-0.2, 0) is 6.42 Å². The minimum atomic E-state index is -0.472. The summed E-state index contributed by atoms with van der Waals surface area (Å²) in [4.78, 5) is 11.6. The second-order valence-electron chi connectivity index (χ2n) is 11.7. The number of halogens is 1. The molecule has 1 saturated heterocycles. The molecule has 3 saturated carbocycles. The minimum Gasteiger partial charge on any atom is -0.493 e. The van der Waals surface area contributed by atoms with E-state index in [1.165, 1.54) is 19.3 Å². The molecule has 8 heteroatoms. The third-order valence-electron chi connectivity index (χ3n) is 9.42. The number of hydrogen-bond acceptors (Lipinski definition) is 7. The molecule has 0 radical (unpaired) electrons. The molecule has 200 valence electrons. The fourth-order valence-corrected chi connectivity index (χ4v) is 7.27. The molecule has 0 spiro atoms. The van der Waals surface area contributed by atoms with Gasteiger partial charge in [-0.15, -0.1) is 0 Å². The molecule has 7 nitrogen and oxygen atoms in total. The molecule has 0 unspecified atom stereocenters. The zero-order valence-corrected chi connectivity index (χ0v) is 22.2. The fourth-order valence-electron chi connectivity index (χ4n) is 7.27. The van der Waals surface area contributed by atoms with Gasteiger partial charge < -0.3 is 20.5 Å². The lowest BCUT2D eigenvalue weighted by Gasteiger charge is -2.38. The maximum Gasteiger partial charge on any atom is 0.240 e. The molecule has 5 aliphatic rings. The Kier molecular flexibility index (Phi) is 5.83. The van der Waals surface area contributed by atoms with Crippen molar-refractivity contribution < 1.29 is 13.9 Å². The van der Waals surface area contributed by atoms with Gasteiger partial charge in [-0.2, -0.15) is 0 Å². The van der Waals surface area contributed by atoms with Crippen LogP contribution in [0.2, 0.25) is 0 Å². The number of aromatic nitrogens is 2. The molecule has 3 N–H and O–H groups in total. The van der Waals surface area contributed by atoms with E-state index < -0.39 is 5.82 Å². The number of hydrogen-bond donors (Lipinski definition) is 2. The molecule has 5 atom stereocenters. The van der Waals surface area contributed by atoms with Crippen LogP contribution >= 0.6 is 0 Å². The summed E-state index contributed by atoms with van der Waals surface area (Å²) in [6.45, 7) is 3.72. The first-order chi connectivity index (χ1) is 18.5. The summed E-state index contributed by atoms with van der Waals surface area (Å²) >= 11 is 0. The number of ether oxygens (including phenoxy) is 2. The SMILES string of the molecule is C[C@H](Oc1nc2c(F)c(-c3cccc4c3OCCC4)ncc2c(N[C@@H]2[C@@H]3CC[C@H]2C3)c1N)[C@@H]1CCCN1C. The molecule has 8 rings (SSSR count). The number of anilines is 2. The number of likely N-dealkylation sites (tertiary alicyclic amines) is 1. The van der Waals surface area contributed by atoms with Gasteiger partial charge in [0.15, 0.2) is 5.82 Å². The van der Waals surface area contributed by atoms with Crippen LogP contribution < -0.4 is 20.5 Å². The Morgan fingerprint density at radius 1 is 1.21 bits per heavy atom. The average Bonchev–Trinajstić information content (AvgIpc) is 3.67. The van der Waals surface area contributed by atoms with Crippen molar-refractivity contribution in [1.82, 2.24) is 14.9 Å². The maximum absolute atomic E-state index is 16.4. The molecule has 4 heterocycles. The summed E-state index contributed by atoms with van der Waals surface area (Å²) in [6.07, 6.45) is 9.37. The Balaban J connectivity index is 1.34. The highest BCUT2D eigenvalue weighted by Gasteiger charge is 2.47. The van der Waals surface area contributed by atoms with Crippen molar-refractivity contribution in [2.24, 2.45) is 11.8 Å². The van der Waals surface area contributed by atoms with E-state index in [0.717, 1.165) is 43.5 Å². The minimum absolute atomic E-state index is 0.124. The van der Waals surface area contributed by atoms with E-state index in [0.29, 0.717) is 52.7 Å². The largest absolute Gasteiger partial charge is 0.493 e. The van der Waals surface area contributed by atoms with Crippen molar-refractivity contribution in [2.45, 2.75) is 70.1 Å². The molecule has 2 aromatic heterocycles. The average molecular weight is 518 g/mol. The van der Waals surface area contributed by atoms with Crippen molar-refractivity contribution in [1.29, 1.82) is 0 Å². The first kappa shape index (κ1) is 23.9. The van der Waals surface area contributed by atoms with Gasteiger partial charge in [0, 0.05) is 29.2 Å². The first-order valence-corrected chi connectivity index (χ1v) is 14.2. The number of pyridine rings is 2. The zero-order chi connectivity index (χ0) is 26.0. The van der Waals surface area contributed by atoms with E-state index in [9.17, 15) is 0 Å². The van der Waals surface area contributed by atoms with Gasteiger partial charge in [0.2, 0.25) is 5.88 Å². The summed E-state index contributed by atoms with van der Waals surface area (Å²) in [7, 11) is 2.12. The van der Waals surface area contributed by atoms with Gasteiger partial charge in [-0.3, -0.25) is 9.88 Å². The van der Waals surface area contributed by atoms with Crippen molar-refractivity contribution in [3.05, 3.63) is 35.8 Å². The van der Waals surface area contributed by atoms with Crippen LogP contribution in [0.4, 0.5) is 15.8 Å². The third-order valence-corrected chi connectivity index (χ3v) is 9.42. The van der Waals surface area contributed by atoms with Gasteiger partial charge in [-0.1, -0.05) is 12.1 Å². The molecule has 38 heavy (non-hydrogen) atoms. The molecular formula is C30H36FN5O2. The zero-order valence-electron chi connectivity index (χ0n) is 22.2. The summed E-state index contributed by atoms with van der Waals surface area (Å²) in [5.41, 5.74) is 10.1. The lowest BCUT2D eigenvalue weighted by Crippen LogP contribution is -2.41. The van der Waals surface area contributed by atoms with Crippen LogP contribution in [0, 0.1) is 17.7 Å². The van der Waals surface area contributed by atoms with E-state index in [4.69, 9.17) is 20.2 Å².